The van der Waals surface area contributed by atoms with Crippen molar-refractivity contribution in [3.05, 3.63) is 60.0 Å². The molecule has 0 bridgehead atoms. The second kappa shape index (κ2) is 7.96. The van der Waals surface area contributed by atoms with Crippen molar-refractivity contribution in [2.45, 2.75) is 18.7 Å². The van der Waals surface area contributed by atoms with Gasteiger partial charge in [0.25, 0.3) is 10.0 Å². The van der Waals surface area contributed by atoms with E-state index >= 15 is 0 Å². The van der Waals surface area contributed by atoms with E-state index in [4.69, 9.17) is 14.2 Å². The van der Waals surface area contributed by atoms with Gasteiger partial charge in [0.15, 0.2) is 17.1 Å². The third-order valence-corrected chi connectivity index (χ3v) is 6.74. The highest BCUT2D eigenvalue weighted by atomic mass is 32.2. The Bertz CT molecular complexity index is 1480. The van der Waals surface area contributed by atoms with E-state index in [-0.39, 0.29) is 10.6 Å². The summed E-state index contributed by atoms with van der Waals surface area (Å²) >= 11 is 0. The molecule has 0 amide bonds. The van der Waals surface area contributed by atoms with Crippen molar-refractivity contribution in [1.82, 2.24) is 14.6 Å². The Morgan fingerprint density at radius 1 is 1.03 bits per heavy atom. The largest absolute Gasteiger partial charge is 0.495 e. The molecule has 0 radical (unpaired) electrons. The normalized spacial score (nSPS) is 13.2. The van der Waals surface area contributed by atoms with Gasteiger partial charge in [0.2, 0.25) is 0 Å². The van der Waals surface area contributed by atoms with Crippen LogP contribution in [0.3, 0.4) is 0 Å². The van der Waals surface area contributed by atoms with Gasteiger partial charge in [0, 0.05) is 23.0 Å². The number of rotatable bonds is 5. The van der Waals surface area contributed by atoms with Crippen LogP contribution >= 0.6 is 0 Å². The summed E-state index contributed by atoms with van der Waals surface area (Å²) in [6.07, 6.45) is 1.68. The van der Waals surface area contributed by atoms with Gasteiger partial charge >= 0.3 is 0 Å². The Morgan fingerprint density at radius 2 is 1.82 bits per heavy atom. The molecular formula is C23H22N4O5S. The zero-order valence-corrected chi connectivity index (χ0v) is 19.1. The van der Waals surface area contributed by atoms with Crippen molar-refractivity contribution in [2.75, 3.05) is 25.0 Å². The summed E-state index contributed by atoms with van der Waals surface area (Å²) in [5.74, 6) is 1.29. The molecule has 0 saturated heterocycles. The third-order valence-electron chi connectivity index (χ3n) is 5.34. The molecule has 2 aromatic heterocycles. The summed E-state index contributed by atoms with van der Waals surface area (Å²) in [5, 5.41) is 4.41. The maximum Gasteiger partial charge on any atom is 0.265 e. The number of benzene rings is 2. The highest BCUT2D eigenvalue weighted by molar-refractivity contribution is 7.92. The van der Waals surface area contributed by atoms with Crippen LogP contribution in [0, 0.1) is 13.8 Å². The maximum atomic E-state index is 13.3. The molecule has 5 rings (SSSR count). The first kappa shape index (κ1) is 21.1. The Balaban J connectivity index is 1.56. The number of anilines is 1. The lowest BCUT2D eigenvalue weighted by Gasteiger charge is -2.19. The van der Waals surface area contributed by atoms with Crippen LogP contribution in [0.2, 0.25) is 0 Å². The van der Waals surface area contributed by atoms with E-state index in [1.54, 1.807) is 47.1 Å². The Kier molecular flexibility index (Phi) is 5.09. The van der Waals surface area contributed by atoms with Gasteiger partial charge in [-0.15, -0.1) is 0 Å². The lowest BCUT2D eigenvalue weighted by Crippen LogP contribution is -2.17. The van der Waals surface area contributed by atoms with E-state index in [1.807, 2.05) is 19.9 Å². The van der Waals surface area contributed by atoms with Gasteiger partial charge in [-0.2, -0.15) is 5.10 Å². The number of methoxy groups -OCH3 is 1. The SMILES string of the molecule is COc1ccc(-c2cnn3c(C)cc(C)nc23)cc1S(=O)(=O)Nc1ccc2c(c1)OCCO2. The summed E-state index contributed by atoms with van der Waals surface area (Å²) < 4.78 is 47.4. The summed E-state index contributed by atoms with van der Waals surface area (Å²) in [6, 6.07) is 11.8. The minimum atomic E-state index is -3.98. The molecule has 0 aliphatic carbocycles. The van der Waals surface area contributed by atoms with E-state index in [2.05, 4.69) is 14.8 Å². The Labute approximate surface area is 191 Å². The first-order valence-electron chi connectivity index (χ1n) is 10.3. The molecule has 4 aromatic rings. The monoisotopic (exact) mass is 466 g/mol. The second-order valence-corrected chi connectivity index (χ2v) is 9.31. The highest BCUT2D eigenvalue weighted by Crippen LogP contribution is 2.36. The molecular weight excluding hydrogens is 444 g/mol. The number of hydrogen-bond acceptors (Lipinski definition) is 7. The number of nitrogens with one attached hydrogen (secondary N) is 1. The predicted octanol–water partition coefficient (Wildman–Crippen LogP) is 3.59. The van der Waals surface area contributed by atoms with E-state index in [0.29, 0.717) is 41.6 Å². The first-order chi connectivity index (χ1) is 15.9. The minimum absolute atomic E-state index is 0.00103. The van der Waals surface area contributed by atoms with E-state index in [0.717, 1.165) is 17.0 Å². The summed E-state index contributed by atoms with van der Waals surface area (Å²) in [6.45, 7) is 4.72. The summed E-state index contributed by atoms with van der Waals surface area (Å²) in [7, 11) is -2.55. The van der Waals surface area contributed by atoms with Crippen LogP contribution in [0.5, 0.6) is 17.2 Å². The molecule has 3 heterocycles. The molecule has 0 unspecified atom stereocenters. The summed E-state index contributed by atoms with van der Waals surface area (Å²) in [4.78, 5) is 4.60. The zero-order valence-electron chi connectivity index (χ0n) is 18.3. The molecule has 10 heteroatoms. The maximum absolute atomic E-state index is 13.3. The smallest absolute Gasteiger partial charge is 0.265 e. The quantitative estimate of drug-likeness (QED) is 0.479. The van der Waals surface area contributed by atoms with E-state index < -0.39 is 10.0 Å². The van der Waals surface area contributed by atoms with Gasteiger partial charge in [-0.25, -0.2) is 17.9 Å². The number of aryl methyl sites for hydroxylation is 2. The second-order valence-electron chi connectivity index (χ2n) is 7.66. The number of hydrogen-bond donors (Lipinski definition) is 1. The zero-order chi connectivity index (χ0) is 23.2. The number of fused-ring (bicyclic) bond motifs is 2. The fourth-order valence-electron chi connectivity index (χ4n) is 3.85. The number of aromatic nitrogens is 3. The first-order valence-corrected chi connectivity index (χ1v) is 11.8. The van der Waals surface area contributed by atoms with Crippen LogP contribution in [0.25, 0.3) is 16.8 Å². The molecule has 0 atom stereocenters. The molecule has 1 aliphatic heterocycles. The van der Waals surface area contributed by atoms with Crippen LogP contribution in [-0.4, -0.2) is 43.3 Å². The van der Waals surface area contributed by atoms with Gasteiger partial charge in [-0.05, 0) is 49.7 Å². The van der Waals surface area contributed by atoms with Crippen LogP contribution < -0.4 is 18.9 Å². The molecule has 0 spiro atoms. The number of ether oxygens (including phenoxy) is 3. The van der Waals surface area contributed by atoms with Crippen molar-refractivity contribution in [3.63, 3.8) is 0 Å². The van der Waals surface area contributed by atoms with E-state index in [1.165, 1.54) is 7.11 Å². The fourth-order valence-corrected chi connectivity index (χ4v) is 5.09. The van der Waals surface area contributed by atoms with E-state index in [9.17, 15) is 8.42 Å². The average molecular weight is 467 g/mol. The van der Waals surface area contributed by atoms with Crippen molar-refractivity contribution < 1.29 is 22.6 Å². The lowest BCUT2D eigenvalue weighted by molar-refractivity contribution is 0.171. The minimum Gasteiger partial charge on any atom is -0.495 e. The molecule has 33 heavy (non-hydrogen) atoms. The molecule has 0 saturated carbocycles. The van der Waals surface area contributed by atoms with Gasteiger partial charge in [0.05, 0.1) is 19.0 Å². The van der Waals surface area contributed by atoms with Crippen LogP contribution in [-0.2, 0) is 10.0 Å². The predicted molar refractivity (Wildman–Crippen MR) is 123 cm³/mol. The highest BCUT2D eigenvalue weighted by Gasteiger charge is 2.23. The van der Waals surface area contributed by atoms with Crippen LogP contribution in [0.15, 0.2) is 53.6 Å². The van der Waals surface area contributed by atoms with Gasteiger partial charge < -0.3 is 14.2 Å². The molecule has 1 N–H and O–H groups in total. The van der Waals surface area contributed by atoms with Gasteiger partial charge in [-0.1, -0.05) is 6.07 Å². The third kappa shape index (κ3) is 3.82. The lowest BCUT2D eigenvalue weighted by atomic mass is 10.1. The van der Waals surface area contributed by atoms with Gasteiger partial charge in [0.1, 0.15) is 23.9 Å². The van der Waals surface area contributed by atoms with Crippen LogP contribution in [0.4, 0.5) is 5.69 Å². The van der Waals surface area contributed by atoms with Crippen molar-refractivity contribution >= 4 is 21.4 Å². The number of sulfonamides is 1. The molecule has 9 nitrogen and oxygen atoms in total. The van der Waals surface area contributed by atoms with Gasteiger partial charge in [-0.3, -0.25) is 4.72 Å². The fraction of sp³-hybridized carbons (Fsp3) is 0.217. The Hall–Kier alpha value is -3.79. The molecule has 0 fully saturated rings. The Morgan fingerprint density at radius 3 is 2.61 bits per heavy atom. The number of nitrogens with zero attached hydrogens (tertiary/aromatic N) is 3. The molecule has 2 aromatic carbocycles. The standard InChI is InChI=1S/C23H22N4O5S/c1-14-10-15(2)27-23(25-14)18(13-24-27)16-4-6-20(30-3)22(11-16)33(28,29)26-17-5-7-19-21(12-17)32-9-8-31-19/h4-7,10-13,26H,8-9H2,1-3H3. The van der Waals surface area contributed by atoms with Crippen LogP contribution in [0.1, 0.15) is 11.4 Å². The topological polar surface area (TPSA) is 104 Å². The molecule has 170 valence electrons. The molecule has 1 aliphatic rings. The van der Waals surface area contributed by atoms with Crippen molar-refractivity contribution in [3.8, 4) is 28.4 Å². The summed E-state index contributed by atoms with van der Waals surface area (Å²) in [5.41, 5.74) is 4.18. The van der Waals surface area contributed by atoms with Crippen molar-refractivity contribution in [1.29, 1.82) is 0 Å². The van der Waals surface area contributed by atoms with Crippen molar-refractivity contribution in [2.24, 2.45) is 0 Å². The average Bonchev–Trinajstić information content (AvgIpc) is 3.22.